The molecule has 70 valence electrons. The summed E-state index contributed by atoms with van der Waals surface area (Å²) in [6.07, 6.45) is 0. The summed E-state index contributed by atoms with van der Waals surface area (Å²) in [5.41, 5.74) is -0.377. The van der Waals surface area contributed by atoms with Crippen LogP contribution < -0.4 is 10.6 Å². The molecule has 0 aliphatic carbocycles. The average molecular weight is 172 g/mol. The van der Waals surface area contributed by atoms with Crippen LogP contribution in [-0.4, -0.2) is 23.9 Å². The summed E-state index contributed by atoms with van der Waals surface area (Å²) in [7, 11) is 0. The van der Waals surface area contributed by atoms with Crippen LogP contribution in [0.5, 0.6) is 0 Å². The molecule has 4 heteroatoms. The highest BCUT2D eigenvalue weighted by Crippen LogP contribution is 1.98. The lowest BCUT2D eigenvalue weighted by Crippen LogP contribution is -2.50. The van der Waals surface area contributed by atoms with E-state index in [4.69, 9.17) is 0 Å². The normalized spacial score (nSPS) is 10.7. The molecular formula is C8H16N2O2. The van der Waals surface area contributed by atoms with Gasteiger partial charge in [-0.2, -0.15) is 0 Å². The van der Waals surface area contributed by atoms with Crippen LogP contribution in [0.1, 0.15) is 27.7 Å². The number of carbonyl (C=O) groups is 2. The van der Waals surface area contributed by atoms with Gasteiger partial charge in [0, 0.05) is 20.4 Å². The first kappa shape index (κ1) is 10.9. The molecule has 4 nitrogen and oxygen atoms in total. The van der Waals surface area contributed by atoms with E-state index in [1.807, 2.05) is 13.8 Å². The standard InChI is InChI=1S/C8H16N2O2/c1-6(11)9-5-8(3,4)10-7(2)12/h5H2,1-4H3,(H,9,11)(H,10,12). The summed E-state index contributed by atoms with van der Waals surface area (Å²) in [5, 5.41) is 5.36. The van der Waals surface area contributed by atoms with Gasteiger partial charge in [-0.3, -0.25) is 9.59 Å². The summed E-state index contributed by atoms with van der Waals surface area (Å²) < 4.78 is 0. The van der Waals surface area contributed by atoms with Gasteiger partial charge in [-0.15, -0.1) is 0 Å². The number of carbonyl (C=O) groups excluding carboxylic acids is 2. The SMILES string of the molecule is CC(=O)NCC(C)(C)NC(C)=O. The second-order valence-corrected chi connectivity index (χ2v) is 3.47. The molecule has 0 aromatic rings. The summed E-state index contributed by atoms with van der Waals surface area (Å²) in [6.45, 7) is 7.05. The van der Waals surface area contributed by atoms with Crippen LogP contribution in [0.2, 0.25) is 0 Å². The van der Waals surface area contributed by atoms with E-state index in [0.717, 1.165) is 0 Å². The summed E-state index contributed by atoms with van der Waals surface area (Å²) in [6, 6.07) is 0. The Morgan fingerprint density at radius 2 is 1.67 bits per heavy atom. The zero-order valence-corrected chi connectivity index (χ0v) is 8.02. The van der Waals surface area contributed by atoms with Crippen molar-refractivity contribution in [1.82, 2.24) is 10.6 Å². The van der Waals surface area contributed by atoms with E-state index in [2.05, 4.69) is 10.6 Å². The van der Waals surface area contributed by atoms with Crippen LogP contribution in [-0.2, 0) is 9.59 Å². The van der Waals surface area contributed by atoms with Crippen molar-refractivity contribution in [2.24, 2.45) is 0 Å². The predicted molar refractivity (Wildman–Crippen MR) is 46.6 cm³/mol. The topological polar surface area (TPSA) is 58.2 Å². The van der Waals surface area contributed by atoms with Gasteiger partial charge in [-0.05, 0) is 13.8 Å². The molecule has 0 saturated heterocycles. The Balaban J connectivity index is 3.86. The van der Waals surface area contributed by atoms with E-state index in [1.54, 1.807) is 0 Å². The number of hydrogen-bond acceptors (Lipinski definition) is 2. The molecule has 0 radical (unpaired) electrons. The molecule has 0 saturated carbocycles. The molecule has 2 N–H and O–H groups in total. The summed E-state index contributed by atoms with van der Waals surface area (Å²) in [4.78, 5) is 21.2. The van der Waals surface area contributed by atoms with Crippen molar-refractivity contribution >= 4 is 11.8 Å². The van der Waals surface area contributed by atoms with E-state index >= 15 is 0 Å². The maximum absolute atomic E-state index is 10.7. The lowest BCUT2D eigenvalue weighted by atomic mass is 10.1. The fraction of sp³-hybridized carbons (Fsp3) is 0.750. The van der Waals surface area contributed by atoms with E-state index < -0.39 is 0 Å². The molecule has 0 fully saturated rings. The van der Waals surface area contributed by atoms with E-state index in [0.29, 0.717) is 6.54 Å². The second-order valence-electron chi connectivity index (χ2n) is 3.47. The molecule has 0 aliphatic heterocycles. The monoisotopic (exact) mass is 172 g/mol. The van der Waals surface area contributed by atoms with Gasteiger partial charge in [0.15, 0.2) is 0 Å². The molecule has 2 amide bonds. The minimum absolute atomic E-state index is 0.0894. The van der Waals surface area contributed by atoms with Crippen LogP contribution in [0, 0.1) is 0 Å². The minimum atomic E-state index is -0.377. The van der Waals surface area contributed by atoms with Crippen molar-refractivity contribution in [3.05, 3.63) is 0 Å². The fourth-order valence-corrected chi connectivity index (χ4v) is 0.866. The average Bonchev–Trinajstić information content (AvgIpc) is 1.81. The van der Waals surface area contributed by atoms with Gasteiger partial charge in [0.1, 0.15) is 0 Å². The molecule has 0 aromatic heterocycles. The first-order chi connectivity index (χ1) is 5.33. The Morgan fingerprint density at radius 1 is 1.17 bits per heavy atom. The van der Waals surface area contributed by atoms with Crippen LogP contribution in [0.4, 0.5) is 0 Å². The highest BCUT2D eigenvalue weighted by molar-refractivity contribution is 5.74. The first-order valence-electron chi connectivity index (χ1n) is 3.87. The third-order valence-electron chi connectivity index (χ3n) is 1.29. The van der Waals surface area contributed by atoms with Gasteiger partial charge in [-0.1, -0.05) is 0 Å². The molecular weight excluding hydrogens is 156 g/mol. The number of rotatable bonds is 3. The molecule has 12 heavy (non-hydrogen) atoms. The maximum Gasteiger partial charge on any atom is 0.217 e. The van der Waals surface area contributed by atoms with Crippen molar-refractivity contribution in [3.63, 3.8) is 0 Å². The number of amides is 2. The molecule has 0 bridgehead atoms. The summed E-state index contributed by atoms with van der Waals surface area (Å²) in [5.74, 6) is -0.182. The molecule has 0 atom stereocenters. The zero-order chi connectivity index (χ0) is 9.78. The van der Waals surface area contributed by atoms with E-state index in [1.165, 1.54) is 13.8 Å². The quantitative estimate of drug-likeness (QED) is 0.631. The van der Waals surface area contributed by atoms with Gasteiger partial charge in [0.2, 0.25) is 11.8 Å². The van der Waals surface area contributed by atoms with Crippen molar-refractivity contribution in [2.45, 2.75) is 33.2 Å². The van der Waals surface area contributed by atoms with Crippen LogP contribution in [0.3, 0.4) is 0 Å². The van der Waals surface area contributed by atoms with Crippen molar-refractivity contribution in [3.8, 4) is 0 Å². The molecule has 0 spiro atoms. The molecule has 0 aromatic carbocycles. The first-order valence-corrected chi connectivity index (χ1v) is 3.87. The highest BCUT2D eigenvalue weighted by atomic mass is 16.2. The van der Waals surface area contributed by atoms with E-state index in [9.17, 15) is 9.59 Å². The summed E-state index contributed by atoms with van der Waals surface area (Å²) >= 11 is 0. The number of hydrogen-bond donors (Lipinski definition) is 2. The molecule has 0 rings (SSSR count). The number of nitrogens with one attached hydrogen (secondary N) is 2. The predicted octanol–water partition coefficient (Wildman–Crippen LogP) is 0.0372. The van der Waals surface area contributed by atoms with Crippen LogP contribution in [0.15, 0.2) is 0 Å². The fourth-order valence-electron chi connectivity index (χ4n) is 0.866. The van der Waals surface area contributed by atoms with Crippen LogP contribution >= 0.6 is 0 Å². The van der Waals surface area contributed by atoms with Crippen LogP contribution in [0.25, 0.3) is 0 Å². The third-order valence-corrected chi connectivity index (χ3v) is 1.29. The van der Waals surface area contributed by atoms with Gasteiger partial charge < -0.3 is 10.6 Å². The third kappa shape index (κ3) is 5.70. The Kier molecular flexibility index (Phi) is 3.73. The molecule has 0 aliphatic rings. The lowest BCUT2D eigenvalue weighted by Gasteiger charge is -2.25. The van der Waals surface area contributed by atoms with Gasteiger partial charge in [0.05, 0.1) is 5.54 Å². The smallest absolute Gasteiger partial charge is 0.217 e. The van der Waals surface area contributed by atoms with E-state index in [-0.39, 0.29) is 17.4 Å². The Bertz CT molecular complexity index is 187. The second kappa shape index (κ2) is 4.09. The van der Waals surface area contributed by atoms with Gasteiger partial charge in [0.25, 0.3) is 0 Å². The highest BCUT2D eigenvalue weighted by Gasteiger charge is 2.18. The Hall–Kier alpha value is -1.06. The maximum atomic E-state index is 10.7. The molecule has 0 unspecified atom stereocenters. The molecule has 0 heterocycles. The zero-order valence-electron chi connectivity index (χ0n) is 8.02. The lowest BCUT2D eigenvalue weighted by molar-refractivity contribution is -0.122. The minimum Gasteiger partial charge on any atom is -0.354 e. The largest absolute Gasteiger partial charge is 0.354 e. The van der Waals surface area contributed by atoms with Crippen molar-refractivity contribution in [2.75, 3.05) is 6.54 Å². The van der Waals surface area contributed by atoms with Gasteiger partial charge >= 0.3 is 0 Å². The Labute approximate surface area is 72.7 Å². The van der Waals surface area contributed by atoms with Crippen molar-refractivity contribution < 1.29 is 9.59 Å². The van der Waals surface area contributed by atoms with Gasteiger partial charge in [-0.25, -0.2) is 0 Å². The van der Waals surface area contributed by atoms with Crippen molar-refractivity contribution in [1.29, 1.82) is 0 Å². The Morgan fingerprint density at radius 3 is 2.00 bits per heavy atom.